The summed E-state index contributed by atoms with van der Waals surface area (Å²) in [6, 6.07) is 13.1. The van der Waals surface area contributed by atoms with Gasteiger partial charge in [-0.15, -0.1) is 0 Å². The molecule has 1 heterocycles. The van der Waals surface area contributed by atoms with Crippen LogP contribution in [0.15, 0.2) is 47.0 Å². The van der Waals surface area contributed by atoms with E-state index < -0.39 is 0 Å². The zero-order valence-corrected chi connectivity index (χ0v) is 13.6. The summed E-state index contributed by atoms with van der Waals surface area (Å²) < 4.78 is 20.9. The number of ether oxygens (including phenoxy) is 3. The third-order valence-corrected chi connectivity index (χ3v) is 3.39. The molecule has 0 fully saturated rings. The molecule has 0 saturated carbocycles. The Bertz CT molecular complexity index is 832. The van der Waals surface area contributed by atoms with Gasteiger partial charge in [0, 0.05) is 17.3 Å². The molecular formula is C17H17N3O4. The fourth-order valence-corrected chi connectivity index (χ4v) is 2.19. The Morgan fingerprint density at radius 2 is 1.75 bits per heavy atom. The van der Waals surface area contributed by atoms with E-state index in [-0.39, 0.29) is 6.01 Å². The summed E-state index contributed by atoms with van der Waals surface area (Å²) in [5, 5.41) is 7.02. The van der Waals surface area contributed by atoms with Gasteiger partial charge in [0.25, 0.3) is 0 Å². The van der Waals surface area contributed by atoms with Gasteiger partial charge in [-0.25, -0.2) is 0 Å². The second-order valence-corrected chi connectivity index (χ2v) is 4.85. The molecule has 0 unspecified atom stereocenters. The molecule has 1 aromatic heterocycles. The van der Waals surface area contributed by atoms with E-state index in [1.54, 1.807) is 33.5 Å². The van der Waals surface area contributed by atoms with Crippen LogP contribution < -0.4 is 19.5 Å². The molecule has 0 bridgehead atoms. The molecule has 3 rings (SSSR count). The minimum atomic E-state index is 0.278. The van der Waals surface area contributed by atoms with E-state index in [4.69, 9.17) is 18.7 Å². The average Bonchev–Trinajstić information content (AvgIpc) is 3.10. The van der Waals surface area contributed by atoms with Gasteiger partial charge in [0.1, 0.15) is 5.75 Å². The van der Waals surface area contributed by atoms with Crippen LogP contribution in [0.2, 0.25) is 0 Å². The van der Waals surface area contributed by atoms with Crippen molar-refractivity contribution in [3.63, 3.8) is 0 Å². The molecule has 7 heteroatoms. The number of aromatic nitrogens is 2. The van der Waals surface area contributed by atoms with Crippen LogP contribution in [0.4, 0.5) is 11.7 Å². The first kappa shape index (κ1) is 15.7. The molecule has 0 radical (unpaired) electrons. The Balaban J connectivity index is 1.81. The summed E-state index contributed by atoms with van der Waals surface area (Å²) in [7, 11) is 4.78. The molecule has 0 aliphatic carbocycles. The van der Waals surface area contributed by atoms with Crippen molar-refractivity contribution in [2.75, 3.05) is 26.6 Å². The van der Waals surface area contributed by atoms with E-state index in [1.165, 1.54) is 0 Å². The van der Waals surface area contributed by atoms with Crippen LogP contribution in [0.1, 0.15) is 0 Å². The molecule has 124 valence electrons. The lowest BCUT2D eigenvalue weighted by Gasteiger charge is -2.09. The number of nitrogens with one attached hydrogen (secondary N) is 1. The second kappa shape index (κ2) is 6.91. The summed E-state index contributed by atoms with van der Waals surface area (Å²) in [5.41, 5.74) is 1.55. The highest BCUT2D eigenvalue weighted by molar-refractivity contribution is 5.62. The Labute approximate surface area is 139 Å². The lowest BCUT2D eigenvalue weighted by molar-refractivity contribution is 0.355. The lowest BCUT2D eigenvalue weighted by atomic mass is 10.2. The Morgan fingerprint density at radius 1 is 0.917 bits per heavy atom. The van der Waals surface area contributed by atoms with Crippen molar-refractivity contribution in [1.82, 2.24) is 10.1 Å². The fourth-order valence-electron chi connectivity index (χ4n) is 2.19. The Kier molecular flexibility index (Phi) is 4.51. The minimum Gasteiger partial charge on any atom is -0.497 e. The molecule has 0 aliphatic rings. The molecule has 24 heavy (non-hydrogen) atoms. The van der Waals surface area contributed by atoms with Crippen molar-refractivity contribution in [3.05, 3.63) is 42.5 Å². The topological polar surface area (TPSA) is 78.6 Å². The molecule has 0 aliphatic heterocycles. The van der Waals surface area contributed by atoms with Crippen molar-refractivity contribution < 1.29 is 18.7 Å². The molecule has 2 aromatic carbocycles. The van der Waals surface area contributed by atoms with Gasteiger partial charge >= 0.3 is 6.01 Å². The summed E-state index contributed by atoms with van der Waals surface area (Å²) >= 11 is 0. The zero-order valence-electron chi connectivity index (χ0n) is 13.6. The van der Waals surface area contributed by atoms with Crippen LogP contribution in [0.3, 0.4) is 0 Å². The van der Waals surface area contributed by atoms with Gasteiger partial charge in [-0.05, 0) is 24.3 Å². The normalized spacial score (nSPS) is 10.3. The van der Waals surface area contributed by atoms with Gasteiger partial charge < -0.3 is 24.1 Å². The number of anilines is 2. The van der Waals surface area contributed by atoms with Crippen molar-refractivity contribution in [1.29, 1.82) is 0 Å². The van der Waals surface area contributed by atoms with E-state index in [2.05, 4.69) is 15.5 Å². The Morgan fingerprint density at radius 3 is 2.50 bits per heavy atom. The van der Waals surface area contributed by atoms with Crippen molar-refractivity contribution in [2.45, 2.75) is 0 Å². The highest BCUT2D eigenvalue weighted by Crippen LogP contribution is 2.31. The maximum atomic E-state index is 5.27. The summed E-state index contributed by atoms with van der Waals surface area (Å²) in [6.45, 7) is 0. The van der Waals surface area contributed by atoms with E-state index in [9.17, 15) is 0 Å². The number of nitrogens with zero attached hydrogens (tertiary/aromatic N) is 2. The number of rotatable bonds is 6. The molecule has 0 amide bonds. The summed E-state index contributed by atoms with van der Waals surface area (Å²) in [5.74, 6) is 2.45. The highest BCUT2D eigenvalue weighted by Gasteiger charge is 2.11. The molecule has 0 spiro atoms. The monoisotopic (exact) mass is 327 g/mol. The molecule has 7 nitrogen and oxygen atoms in total. The Hall–Kier alpha value is -3.22. The van der Waals surface area contributed by atoms with Crippen molar-refractivity contribution >= 4 is 11.7 Å². The van der Waals surface area contributed by atoms with E-state index in [0.29, 0.717) is 17.3 Å². The van der Waals surface area contributed by atoms with Gasteiger partial charge in [-0.3, -0.25) is 0 Å². The third kappa shape index (κ3) is 3.24. The van der Waals surface area contributed by atoms with Gasteiger partial charge in [-0.1, -0.05) is 17.3 Å². The highest BCUT2D eigenvalue weighted by atomic mass is 16.5. The average molecular weight is 327 g/mol. The second-order valence-electron chi connectivity index (χ2n) is 4.85. The summed E-state index contributed by atoms with van der Waals surface area (Å²) in [6.07, 6.45) is 0. The molecule has 1 N–H and O–H groups in total. The van der Waals surface area contributed by atoms with E-state index in [1.807, 2.05) is 30.3 Å². The van der Waals surface area contributed by atoms with Crippen LogP contribution in [0.5, 0.6) is 17.2 Å². The van der Waals surface area contributed by atoms with E-state index >= 15 is 0 Å². The quantitative estimate of drug-likeness (QED) is 0.742. The predicted octanol–water partition coefficient (Wildman–Crippen LogP) is 3.51. The van der Waals surface area contributed by atoms with Crippen LogP contribution in [-0.4, -0.2) is 31.5 Å². The third-order valence-electron chi connectivity index (χ3n) is 3.39. The predicted molar refractivity (Wildman–Crippen MR) is 89.1 cm³/mol. The van der Waals surface area contributed by atoms with Crippen LogP contribution >= 0.6 is 0 Å². The number of benzene rings is 2. The molecule has 3 aromatic rings. The smallest absolute Gasteiger partial charge is 0.326 e. The van der Waals surface area contributed by atoms with Gasteiger partial charge in [0.05, 0.1) is 21.3 Å². The van der Waals surface area contributed by atoms with Crippen molar-refractivity contribution in [3.8, 4) is 28.6 Å². The van der Waals surface area contributed by atoms with Crippen LogP contribution in [-0.2, 0) is 0 Å². The number of hydrogen-bond donors (Lipinski definition) is 1. The first-order chi connectivity index (χ1) is 11.7. The van der Waals surface area contributed by atoms with Gasteiger partial charge in [0.2, 0.25) is 5.82 Å². The van der Waals surface area contributed by atoms with Gasteiger partial charge in [-0.2, -0.15) is 4.98 Å². The van der Waals surface area contributed by atoms with Crippen LogP contribution in [0, 0.1) is 0 Å². The van der Waals surface area contributed by atoms with Crippen molar-refractivity contribution in [2.24, 2.45) is 0 Å². The molecule has 0 atom stereocenters. The molecule has 0 saturated heterocycles. The molecular weight excluding hydrogens is 310 g/mol. The van der Waals surface area contributed by atoms with Crippen LogP contribution in [0.25, 0.3) is 11.4 Å². The van der Waals surface area contributed by atoms with Gasteiger partial charge in [0.15, 0.2) is 11.5 Å². The fraction of sp³-hybridized carbons (Fsp3) is 0.176. The largest absolute Gasteiger partial charge is 0.497 e. The zero-order chi connectivity index (χ0) is 16.9. The number of hydrogen-bond acceptors (Lipinski definition) is 7. The SMILES string of the molecule is COc1cccc(-c2noc(Nc3ccc(OC)c(OC)c3)n2)c1. The maximum Gasteiger partial charge on any atom is 0.326 e. The number of methoxy groups -OCH3 is 3. The van der Waals surface area contributed by atoms with E-state index in [0.717, 1.165) is 17.0 Å². The maximum absolute atomic E-state index is 5.27. The first-order valence-corrected chi connectivity index (χ1v) is 7.20. The standard InChI is InChI=1S/C17H17N3O4/c1-21-13-6-4-5-11(9-13)16-19-17(24-20-16)18-12-7-8-14(22-2)15(10-12)23-3/h4-10H,1-3H3,(H,18,19,20). The lowest BCUT2D eigenvalue weighted by Crippen LogP contribution is -1.94. The minimum absolute atomic E-state index is 0.278. The summed E-state index contributed by atoms with van der Waals surface area (Å²) in [4.78, 5) is 4.33. The first-order valence-electron chi connectivity index (χ1n) is 7.20.